The Bertz CT molecular complexity index is 326. The van der Waals surface area contributed by atoms with Crippen molar-refractivity contribution in [2.24, 2.45) is 5.41 Å². The summed E-state index contributed by atoms with van der Waals surface area (Å²) in [6.07, 6.45) is 1.83. The third-order valence-corrected chi connectivity index (χ3v) is 4.41. The van der Waals surface area contributed by atoms with Gasteiger partial charge in [0.05, 0.1) is 13.7 Å². The van der Waals surface area contributed by atoms with Gasteiger partial charge in [0.1, 0.15) is 11.5 Å². The van der Waals surface area contributed by atoms with Crippen LogP contribution in [-0.2, 0) is 0 Å². The molecule has 0 unspecified atom stereocenters. The molecule has 0 N–H and O–H groups in total. The molecule has 0 fully saturated rings. The van der Waals surface area contributed by atoms with Crippen LogP contribution in [-0.4, -0.2) is 25.5 Å². The van der Waals surface area contributed by atoms with Gasteiger partial charge in [-0.25, -0.2) is 0 Å². The molecule has 0 aromatic heterocycles. The van der Waals surface area contributed by atoms with Crippen LogP contribution in [0.25, 0.3) is 0 Å². The van der Waals surface area contributed by atoms with Crippen molar-refractivity contribution in [2.75, 3.05) is 25.5 Å². The van der Waals surface area contributed by atoms with E-state index in [0.29, 0.717) is 18.4 Å². The van der Waals surface area contributed by atoms with E-state index in [2.05, 4.69) is 6.92 Å². The summed E-state index contributed by atoms with van der Waals surface area (Å²) in [5.74, 6) is 2.80. The molecule has 4 heteroatoms. The lowest BCUT2D eigenvalue weighted by molar-refractivity contribution is 0.228. The van der Waals surface area contributed by atoms with E-state index < -0.39 is 0 Å². The Balaban J connectivity index is 2.44. The molecule has 2 nitrogen and oxygen atoms in total. The number of benzene rings is 1. The topological polar surface area (TPSA) is 18.5 Å². The van der Waals surface area contributed by atoms with Crippen LogP contribution in [0.2, 0.25) is 0 Å². The number of methoxy groups -OCH3 is 1. The summed E-state index contributed by atoms with van der Waals surface area (Å²) in [5, 5.41) is 0. The third kappa shape index (κ3) is 4.25. The predicted molar refractivity (Wildman–Crippen MR) is 77.3 cm³/mol. The second-order valence-corrected chi connectivity index (χ2v) is 4.93. The Labute approximate surface area is 119 Å². The van der Waals surface area contributed by atoms with E-state index in [9.17, 15) is 0 Å². The monoisotopic (exact) mass is 290 g/mol. The SMILES string of the molecule is CCC(CCl)(CCl)CCOc1ccc(OC)cc1. The standard InChI is InChI=1S/C14H20Cl2O2/c1-3-14(10-15,11-16)8-9-18-13-6-4-12(17-2)5-7-13/h4-7H,3,8-11H2,1-2H3. The van der Waals surface area contributed by atoms with Crippen LogP contribution >= 0.6 is 23.2 Å². The van der Waals surface area contributed by atoms with Gasteiger partial charge in [-0.15, -0.1) is 23.2 Å². The summed E-state index contributed by atoms with van der Waals surface area (Å²) in [4.78, 5) is 0. The molecular weight excluding hydrogens is 271 g/mol. The smallest absolute Gasteiger partial charge is 0.119 e. The van der Waals surface area contributed by atoms with Gasteiger partial charge in [-0.1, -0.05) is 6.92 Å². The lowest BCUT2D eigenvalue weighted by Gasteiger charge is -2.27. The summed E-state index contributed by atoms with van der Waals surface area (Å²) < 4.78 is 10.8. The van der Waals surface area contributed by atoms with E-state index in [1.807, 2.05) is 24.3 Å². The quantitative estimate of drug-likeness (QED) is 0.663. The largest absolute Gasteiger partial charge is 0.497 e. The number of halogens is 2. The maximum Gasteiger partial charge on any atom is 0.119 e. The van der Waals surface area contributed by atoms with E-state index in [-0.39, 0.29) is 5.41 Å². The minimum Gasteiger partial charge on any atom is -0.497 e. The lowest BCUT2D eigenvalue weighted by atomic mass is 9.86. The van der Waals surface area contributed by atoms with Crippen molar-refractivity contribution in [2.45, 2.75) is 19.8 Å². The van der Waals surface area contributed by atoms with E-state index in [0.717, 1.165) is 24.3 Å². The highest BCUT2D eigenvalue weighted by Crippen LogP contribution is 2.30. The van der Waals surface area contributed by atoms with Crippen LogP contribution < -0.4 is 9.47 Å². The second-order valence-electron chi connectivity index (χ2n) is 4.39. The molecule has 0 aliphatic carbocycles. The fourth-order valence-corrected chi connectivity index (χ4v) is 2.52. The van der Waals surface area contributed by atoms with Crippen molar-refractivity contribution in [1.29, 1.82) is 0 Å². The molecule has 0 atom stereocenters. The highest BCUT2D eigenvalue weighted by molar-refractivity contribution is 6.21. The number of rotatable bonds is 8. The lowest BCUT2D eigenvalue weighted by Crippen LogP contribution is -2.26. The molecule has 0 aliphatic rings. The molecule has 1 aromatic carbocycles. The first-order valence-electron chi connectivity index (χ1n) is 6.08. The van der Waals surface area contributed by atoms with E-state index in [4.69, 9.17) is 32.7 Å². The summed E-state index contributed by atoms with van der Waals surface area (Å²) >= 11 is 12.0. The Morgan fingerprint density at radius 3 is 2.06 bits per heavy atom. The van der Waals surface area contributed by atoms with E-state index >= 15 is 0 Å². The van der Waals surface area contributed by atoms with Crippen LogP contribution in [0.3, 0.4) is 0 Å². The number of hydrogen-bond acceptors (Lipinski definition) is 2. The Morgan fingerprint density at radius 2 is 1.61 bits per heavy atom. The van der Waals surface area contributed by atoms with Gasteiger partial charge in [0.15, 0.2) is 0 Å². The minimum absolute atomic E-state index is 0.0183. The van der Waals surface area contributed by atoms with Gasteiger partial charge in [-0.05, 0) is 37.1 Å². The molecule has 102 valence electrons. The predicted octanol–water partition coefficient (Wildman–Crippen LogP) is 4.34. The van der Waals surface area contributed by atoms with Gasteiger partial charge in [-0.3, -0.25) is 0 Å². The maximum atomic E-state index is 5.99. The molecule has 0 bridgehead atoms. The first-order chi connectivity index (χ1) is 8.69. The molecule has 0 aliphatic heterocycles. The van der Waals surface area contributed by atoms with Crippen LogP contribution in [0.4, 0.5) is 0 Å². The van der Waals surface area contributed by atoms with Crippen LogP contribution in [0.1, 0.15) is 19.8 Å². The first-order valence-corrected chi connectivity index (χ1v) is 7.15. The zero-order valence-corrected chi connectivity index (χ0v) is 12.4. The van der Waals surface area contributed by atoms with Gasteiger partial charge in [-0.2, -0.15) is 0 Å². The van der Waals surface area contributed by atoms with Gasteiger partial charge >= 0.3 is 0 Å². The van der Waals surface area contributed by atoms with Gasteiger partial charge in [0, 0.05) is 17.2 Å². The summed E-state index contributed by atoms with van der Waals surface area (Å²) in [5.41, 5.74) is -0.0183. The number of ether oxygens (including phenoxy) is 2. The van der Waals surface area contributed by atoms with Crippen molar-refractivity contribution in [3.8, 4) is 11.5 Å². The van der Waals surface area contributed by atoms with Crippen LogP contribution in [0, 0.1) is 5.41 Å². The normalized spacial score (nSPS) is 11.3. The molecule has 0 saturated carbocycles. The van der Waals surface area contributed by atoms with Crippen molar-refractivity contribution in [3.63, 3.8) is 0 Å². The van der Waals surface area contributed by atoms with Gasteiger partial charge in [0.25, 0.3) is 0 Å². The molecule has 18 heavy (non-hydrogen) atoms. The average molecular weight is 291 g/mol. The van der Waals surface area contributed by atoms with Gasteiger partial charge < -0.3 is 9.47 Å². The minimum atomic E-state index is -0.0183. The van der Waals surface area contributed by atoms with Crippen molar-refractivity contribution in [1.82, 2.24) is 0 Å². The zero-order chi connectivity index (χ0) is 13.4. The van der Waals surface area contributed by atoms with Crippen molar-refractivity contribution in [3.05, 3.63) is 24.3 Å². The van der Waals surface area contributed by atoms with E-state index in [1.54, 1.807) is 7.11 Å². The van der Waals surface area contributed by atoms with Crippen molar-refractivity contribution >= 4 is 23.2 Å². The highest BCUT2D eigenvalue weighted by atomic mass is 35.5. The number of hydrogen-bond donors (Lipinski definition) is 0. The average Bonchev–Trinajstić information content (AvgIpc) is 2.45. The van der Waals surface area contributed by atoms with Crippen LogP contribution in [0.15, 0.2) is 24.3 Å². The Morgan fingerprint density at radius 1 is 1.06 bits per heavy atom. The molecule has 0 saturated heterocycles. The fraction of sp³-hybridized carbons (Fsp3) is 0.571. The molecular formula is C14H20Cl2O2. The zero-order valence-electron chi connectivity index (χ0n) is 10.9. The Hall–Kier alpha value is -0.600. The number of alkyl halides is 2. The Kier molecular flexibility index (Phi) is 6.66. The van der Waals surface area contributed by atoms with Gasteiger partial charge in [0.2, 0.25) is 0 Å². The van der Waals surface area contributed by atoms with Crippen molar-refractivity contribution < 1.29 is 9.47 Å². The molecule has 1 aromatic rings. The molecule has 0 radical (unpaired) electrons. The third-order valence-electron chi connectivity index (χ3n) is 3.28. The molecule has 1 rings (SSSR count). The highest BCUT2D eigenvalue weighted by Gasteiger charge is 2.26. The maximum absolute atomic E-state index is 5.99. The molecule has 0 heterocycles. The first kappa shape index (κ1) is 15.5. The summed E-state index contributed by atoms with van der Waals surface area (Å²) in [6, 6.07) is 7.55. The molecule has 0 amide bonds. The summed E-state index contributed by atoms with van der Waals surface area (Å²) in [6.45, 7) is 2.73. The fourth-order valence-electron chi connectivity index (χ4n) is 1.59. The van der Waals surface area contributed by atoms with E-state index in [1.165, 1.54) is 0 Å². The second kappa shape index (κ2) is 7.75. The summed E-state index contributed by atoms with van der Waals surface area (Å²) in [7, 11) is 1.65. The van der Waals surface area contributed by atoms with Crippen LogP contribution in [0.5, 0.6) is 11.5 Å². The molecule has 0 spiro atoms.